The maximum Gasteiger partial charge on any atom is 0.129 e. The molecule has 3 rings (SSSR count). The summed E-state index contributed by atoms with van der Waals surface area (Å²) >= 11 is 5.96. The predicted octanol–water partition coefficient (Wildman–Crippen LogP) is 2.97. The number of pyridine rings is 2. The Morgan fingerprint density at radius 1 is 1.38 bits per heavy atom. The standard InChI is InChI=1S/C19H24ClN5O/c1-26-16(13-25-6-2-3-7-25)12-22-10-15(9-21)14-8-18-17(23-11-14)4-5-19(20)24-18/h4-5,8-11,16,21-22H,2-3,6-7,12-13H2,1H3/b15-10+,21-9?. The van der Waals surface area contributed by atoms with Crippen LogP contribution >= 0.6 is 11.6 Å². The fraction of sp³-hybridized carbons (Fsp3) is 0.421. The van der Waals surface area contributed by atoms with Crippen molar-refractivity contribution in [2.75, 3.05) is 33.3 Å². The molecular formula is C19H24ClN5O. The number of hydrogen-bond donors (Lipinski definition) is 2. The minimum atomic E-state index is 0.117. The minimum absolute atomic E-state index is 0.117. The van der Waals surface area contributed by atoms with Gasteiger partial charge in [-0.15, -0.1) is 0 Å². The van der Waals surface area contributed by atoms with Crippen molar-refractivity contribution in [2.45, 2.75) is 18.9 Å². The lowest BCUT2D eigenvalue weighted by Crippen LogP contribution is -2.37. The summed E-state index contributed by atoms with van der Waals surface area (Å²) in [4.78, 5) is 11.1. The van der Waals surface area contributed by atoms with Crippen molar-refractivity contribution in [2.24, 2.45) is 0 Å². The Morgan fingerprint density at radius 3 is 2.92 bits per heavy atom. The van der Waals surface area contributed by atoms with Crippen LogP contribution in [0.5, 0.6) is 0 Å². The lowest BCUT2D eigenvalue weighted by atomic mass is 10.1. The zero-order valence-electron chi connectivity index (χ0n) is 14.9. The molecule has 138 valence electrons. The van der Waals surface area contributed by atoms with Gasteiger partial charge in [0.25, 0.3) is 0 Å². The summed E-state index contributed by atoms with van der Waals surface area (Å²) in [6.45, 7) is 3.92. The zero-order chi connectivity index (χ0) is 18.4. The second-order valence-corrected chi connectivity index (χ2v) is 6.80. The summed E-state index contributed by atoms with van der Waals surface area (Å²) < 4.78 is 5.58. The SMILES string of the molecule is COC(CN/C=C(\C=N)c1cnc2ccc(Cl)nc2c1)CN1CCCC1. The second kappa shape index (κ2) is 9.07. The van der Waals surface area contributed by atoms with Crippen LogP contribution in [-0.2, 0) is 4.74 Å². The molecule has 1 fully saturated rings. The van der Waals surface area contributed by atoms with Crippen molar-refractivity contribution in [1.29, 1.82) is 5.41 Å². The van der Waals surface area contributed by atoms with E-state index in [9.17, 15) is 0 Å². The molecule has 1 atom stereocenters. The van der Waals surface area contributed by atoms with E-state index in [1.54, 1.807) is 19.4 Å². The number of halogens is 1. The van der Waals surface area contributed by atoms with Gasteiger partial charge < -0.3 is 20.4 Å². The van der Waals surface area contributed by atoms with E-state index in [2.05, 4.69) is 20.2 Å². The molecule has 26 heavy (non-hydrogen) atoms. The number of likely N-dealkylation sites (tertiary alicyclic amines) is 1. The monoisotopic (exact) mass is 373 g/mol. The van der Waals surface area contributed by atoms with E-state index in [1.807, 2.05) is 18.3 Å². The molecule has 2 aromatic heterocycles. The molecule has 1 aliphatic rings. The number of methoxy groups -OCH3 is 1. The number of rotatable bonds is 8. The van der Waals surface area contributed by atoms with Gasteiger partial charge >= 0.3 is 0 Å². The van der Waals surface area contributed by atoms with Gasteiger partial charge in [0.2, 0.25) is 0 Å². The number of nitrogens with one attached hydrogen (secondary N) is 2. The fourth-order valence-electron chi connectivity index (χ4n) is 3.12. The number of fused-ring (bicyclic) bond motifs is 1. The van der Waals surface area contributed by atoms with Crippen LogP contribution in [0.4, 0.5) is 0 Å². The first kappa shape index (κ1) is 18.8. The van der Waals surface area contributed by atoms with Crippen molar-refractivity contribution in [3.05, 3.63) is 41.3 Å². The molecule has 1 saturated heterocycles. The summed E-state index contributed by atoms with van der Waals surface area (Å²) in [5.41, 5.74) is 3.05. The van der Waals surface area contributed by atoms with Crippen molar-refractivity contribution >= 4 is 34.4 Å². The van der Waals surface area contributed by atoms with Crippen LogP contribution in [0.1, 0.15) is 18.4 Å². The number of nitrogens with zero attached hydrogens (tertiary/aromatic N) is 3. The number of ether oxygens (including phenoxy) is 1. The van der Waals surface area contributed by atoms with Crippen LogP contribution in [0.15, 0.2) is 30.6 Å². The summed E-state index contributed by atoms with van der Waals surface area (Å²) in [5, 5.41) is 11.4. The first-order chi connectivity index (χ1) is 12.7. The lowest BCUT2D eigenvalue weighted by molar-refractivity contribution is 0.0735. The molecule has 0 aliphatic carbocycles. The number of aromatic nitrogens is 2. The maximum atomic E-state index is 7.71. The highest BCUT2D eigenvalue weighted by atomic mass is 35.5. The Bertz CT molecular complexity index is 789. The van der Waals surface area contributed by atoms with Crippen molar-refractivity contribution < 1.29 is 4.74 Å². The summed E-state index contributed by atoms with van der Waals surface area (Å²) in [7, 11) is 1.74. The second-order valence-electron chi connectivity index (χ2n) is 6.41. The molecule has 1 aliphatic heterocycles. The number of hydrogen-bond acceptors (Lipinski definition) is 6. The predicted molar refractivity (Wildman–Crippen MR) is 106 cm³/mol. The van der Waals surface area contributed by atoms with Crippen LogP contribution in [0.2, 0.25) is 5.15 Å². The van der Waals surface area contributed by atoms with Crippen LogP contribution in [-0.4, -0.2) is 60.5 Å². The third-order valence-corrected chi connectivity index (χ3v) is 4.80. The molecule has 3 heterocycles. The van der Waals surface area contributed by atoms with Gasteiger partial charge in [0, 0.05) is 49.9 Å². The third kappa shape index (κ3) is 4.78. The Balaban J connectivity index is 1.66. The topological polar surface area (TPSA) is 74.1 Å². The molecule has 0 radical (unpaired) electrons. The zero-order valence-corrected chi connectivity index (χ0v) is 15.7. The van der Waals surface area contributed by atoms with Gasteiger partial charge in [-0.2, -0.15) is 0 Å². The molecule has 6 nitrogen and oxygen atoms in total. The van der Waals surface area contributed by atoms with E-state index in [0.29, 0.717) is 17.2 Å². The molecule has 0 bridgehead atoms. The molecule has 0 spiro atoms. The smallest absolute Gasteiger partial charge is 0.129 e. The fourth-order valence-corrected chi connectivity index (χ4v) is 3.28. The quantitative estimate of drug-likeness (QED) is 0.549. The van der Waals surface area contributed by atoms with E-state index in [4.69, 9.17) is 21.7 Å². The molecular weight excluding hydrogens is 350 g/mol. The Morgan fingerprint density at radius 2 is 2.19 bits per heavy atom. The first-order valence-corrected chi connectivity index (χ1v) is 9.19. The lowest BCUT2D eigenvalue weighted by Gasteiger charge is -2.22. The Labute approximate surface area is 158 Å². The van der Waals surface area contributed by atoms with Gasteiger partial charge in [-0.05, 0) is 44.1 Å². The van der Waals surface area contributed by atoms with E-state index in [-0.39, 0.29) is 6.10 Å². The summed E-state index contributed by atoms with van der Waals surface area (Å²) in [6.07, 6.45) is 7.54. The Kier molecular flexibility index (Phi) is 6.55. The van der Waals surface area contributed by atoms with Gasteiger partial charge in [-0.25, -0.2) is 4.98 Å². The summed E-state index contributed by atoms with van der Waals surface area (Å²) in [6, 6.07) is 5.45. The van der Waals surface area contributed by atoms with Gasteiger partial charge in [0.1, 0.15) is 5.15 Å². The van der Waals surface area contributed by atoms with E-state index in [1.165, 1.54) is 19.1 Å². The average molecular weight is 374 g/mol. The van der Waals surface area contributed by atoms with E-state index in [0.717, 1.165) is 36.3 Å². The molecule has 0 aromatic carbocycles. The Hall–Kier alpha value is -2.02. The minimum Gasteiger partial charge on any atom is -0.388 e. The van der Waals surface area contributed by atoms with Crippen molar-refractivity contribution in [3.8, 4) is 0 Å². The van der Waals surface area contributed by atoms with E-state index >= 15 is 0 Å². The average Bonchev–Trinajstić information content (AvgIpc) is 3.16. The van der Waals surface area contributed by atoms with Crippen LogP contribution in [0, 0.1) is 5.41 Å². The molecule has 1 unspecified atom stereocenters. The molecule has 0 saturated carbocycles. The maximum absolute atomic E-state index is 7.71. The molecule has 0 amide bonds. The largest absolute Gasteiger partial charge is 0.388 e. The highest BCUT2D eigenvalue weighted by Gasteiger charge is 2.16. The summed E-state index contributed by atoms with van der Waals surface area (Å²) in [5.74, 6) is 0. The van der Waals surface area contributed by atoms with Gasteiger partial charge in [-0.3, -0.25) is 4.98 Å². The molecule has 2 aromatic rings. The van der Waals surface area contributed by atoms with Crippen molar-refractivity contribution in [3.63, 3.8) is 0 Å². The third-order valence-electron chi connectivity index (χ3n) is 4.59. The first-order valence-electron chi connectivity index (χ1n) is 8.81. The van der Waals surface area contributed by atoms with Crippen LogP contribution in [0.25, 0.3) is 16.6 Å². The van der Waals surface area contributed by atoms with Gasteiger partial charge in [-0.1, -0.05) is 11.6 Å². The van der Waals surface area contributed by atoms with Crippen molar-refractivity contribution in [1.82, 2.24) is 20.2 Å². The normalized spacial score (nSPS) is 16.8. The molecule has 2 N–H and O–H groups in total. The highest BCUT2D eigenvalue weighted by molar-refractivity contribution is 6.29. The van der Waals surface area contributed by atoms with Crippen LogP contribution < -0.4 is 5.32 Å². The van der Waals surface area contributed by atoms with Gasteiger partial charge in [0.05, 0.1) is 17.1 Å². The van der Waals surface area contributed by atoms with Crippen LogP contribution in [0.3, 0.4) is 0 Å². The number of allylic oxidation sites excluding steroid dienone is 1. The highest BCUT2D eigenvalue weighted by Crippen LogP contribution is 2.18. The molecule has 7 heteroatoms. The van der Waals surface area contributed by atoms with Gasteiger partial charge in [0.15, 0.2) is 0 Å². The van der Waals surface area contributed by atoms with E-state index < -0.39 is 0 Å².